The lowest BCUT2D eigenvalue weighted by atomic mass is 10.0. The zero-order valence-electron chi connectivity index (χ0n) is 17.7. The fourth-order valence-electron chi connectivity index (χ4n) is 3.13. The first-order chi connectivity index (χ1) is 13.9. The van der Waals surface area contributed by atoms with Crippen LogP contribution in [0.5, 0.6) is 5.75 Å². The molecule has 0 aromatic heterocycles. The summed E-state index contributed by atoms with van der Waals surface area (Å²) in [4.78, 5) is 26.5. The minimum absolute atomic E-state index is 0.146. The van der Waals surface area contributed by atoms with E-state index in [1.807, 2.05) is 48.5 Å². The molecule has 0 saturated heterocycles. The lowest BCUT2D eigenvalue weighted by molar-refractivity contribution is -0.120. The van der Waals surface area contributed by atoms with Crippen molar-refractivity contribution in [1.82, 2.24) is 10.2 Å². The third-order valence-electron chi connectivity index (χ3n) is 4.82. The summed E-state index contributed by atoms with van der Waals surface area (Å²) in [5, 5.41) is 5.77. The Bertz CT molecular complexity index is 784. The first-order valence-corrected chi connectivity index (χ1v) is 9.97. The maximum absolute atomic E-state index is 12.6. The van der Waals surface area contributed by atoms with Crippen LogP contribution in [0, 0.1) is 0 Å². The van der Waals surface area contributed by atoms with Gasteiger partial charge in [-0.3, -0.25) is 14.5 Å². The molecule has 0 radical (unpaired) electrons. The van der Waals surface area contributed by atoms with E-state index in [4.69, 9.17) is 4.74 Å². The predicted molar refractivity (Wildman–Crippen MR) is 116 cm³/mol. The average Bonchev–Trinajstić information content (AvgIpc) is 2.72. The van der Waals surface area contributed by atoms with Crippen molar-refractivity contribution in [3.05, 3.63) is 59.7 Å². The molecule has 156 valence electrons. The molecular weight excluding hydrogens is 366 g/mol. The minimum Gasteiger partial charge on any atom is -0.497 e. The van der Waals surface area contributed by atoms with Crippen molar-refractivity contribution in [1.29, 1.82) is 0 Å². The standard InChI is InChI=1S/C23H31N3O3/c1-5-26(6-2)16-18-7-11-20(12-8-18)25-23(28)15-22(24-17(3)27)19-9-13-21(29-4)14-10-19/h7-14,22H,5-6,15-16H2,1-4H3,(H,24,27)(H,25,28)/t22-/m0/s1. The maximum atomic E-state index is 12.6. The monoisotopic (exact) mass is 397 g/mol. The second kappa shape index (κ2) is 11.2. The molecule has 6 nitrogen and oxygen atoms in total. The molecule has 2 aromatic rings. The van der Waals surface area contributed by atoms with Crippen LogP contribution in [0.1, 0.15) is 44.4 Å². The number of methoxy groups -OCH3 is 1. The first-order valence-electron chi connectivity index (χ1n) is 9.97. The fourth-order valence-corrected chi connectivity index (χ4v) is 3.13. The zero-order valence-corrected chi connectivity index (χ0v) is 17.7. The highest BCUT2D eigenvalue weighted by atomic mass is 16.5. The Kier molecular flexibility index (Phi) is 8.68. The van der Waals surface area contributed by atoms with Crippen molar-refractivity contribution in [3.63, 3.8) is 0 Å². The van der Waals surface area contributed by atoms with Crippen LogP contribution in [0.2, 0.25) is 0 Å². The van der Waals surface area contributed by atoms with E-state index < -0.39 is 6.04 Å². The van der Waals surface area contributed by atoms with E-state index >= 15 is 0 Å². The van der Waals surface area contributed by atoms with E-state index in [1.54, 1.807) is 7.11 Å². The predicted octanol–water partition coefficient (Wildman–Crippen LogP) is 3.74. The van der Waals surface area contributed by atoms with E-state index in [2.05, 4.69) is 29.4 Å². The summed E-state index contributed by atoms with van der Waals surface area (Å²) >= 11 is 0. The van der Waals surface area contributed by atoms with Crippen LogP contribution in [0.4, 0.5) is 5.69 Å². The summed E-state index contributed by atoms with van der Waals surface area (Å²) in [7, 11) is 1.60. The molecule has 0 heterocycles. The van der Waals surface area contributed by atoms with Gasteiger partial charge in [0.05, 0.1) is 19.6 Å². The number of carbonyl (C=O) groups excluding carboxylic acids is 2. The van der Waals surface area contributed by atoms with Gasteiger partial charge in [0.25, 0.3) is 0 Å². The maximum Gasteiger partial charge on any atom is 0.226 e. The molecule has 1 atom stereocenters. The molecule has 0 unspecified atom stereocenters. The number of nitrogens with zero attached hydrogens (tertiary/aromatic N) is 1. The number of rotatable bonds is 10. The summed E-state index contributed by atoms with van der Waals surface area (Å²) in [6.45, 7) is 8.64. The van der Waals surface area contributed by atoms with Crippen molar-refractivity contribution in [2.24, 2.45) is 0 Å². The second-order valence-corrected chi connectivity index (χ2v) is 6.94. The fraction of sp³-hybridized carbons (Fsp3) is 0.391. The Morgan fingerprint density at radius 2 is 1.62 bits per heavy atom. The first kappa shape index (κ1) is 22.4. The van der Waals surface area contributed by atoms with Crippen molar-refractivity contribution >= 4 is 17.5 Å². The van der Waals surface area contributed by atoms with E-state index in [1.165, 1.54) is 12.5 Å². The molecule has 2 rings (SSSR count). The highest BCUT2D eigenvalue weighted by molar-refractivity contribution is 5.91. The van der Waals surface area contributed by atoms with Gasteiger partial charge in [0.15, 0.2) is 0 Å². The van der Waals surface area contributed by atoms with Gasteiger partial charge in [0.2, 0.25) is 11.8 Å². The van der Waals surface area contributed by atoms with Crippen LogP contribution in [0.25, 0.3) is 0 Å². The molecule has 0 bridgehead atoms. The van der Waals surface area contributed by atoms with Crippen LogP contribution >= 0.6 is 0 Å². The van der Waals surface area contributed by atoms with Crippen molar-refractivity contribution in [2.45, 2.75) is 39.8 Å². The van der Waals surface area contributed by atoms with Crippen LogP contribution in [0.15, 0.2) is 48.5 Å². The van der Waals surface area contributed by atoms with Crippen molar-refractivity contribution < 1.29 is 14.3 Å². The lowest BCUT2D eigenvalue weighted by Crippen LogP contribution is -2.29. The minimum atomic E-state index is -0.402. The second-order valence-electron chi connectivity index (χ2n) is 6.94. The molecule has 0 aliphatic rings. The number of hydrogen-bond donors (Lipinski definition) is 2. The molecular formula is C23H31N3O3. The third kappa shape index (κ3) is 7.23. The van der Waals surface area contributed by atoms with Gasteiger partial charge in [-0.2, -0.15) is 0 Å². The molecule has 6 heteroatoms. The van der Waals surface area contributed by atoms with Crippen LogP contribution in [0.3, 0.4) is 0 Å². The topological polar surface area (TPSA) is 70.7 Å². The molecule has 2 aromatic carbocycles. The molecule has 2 amide bonds. The summed E-state index contributed by atoms with van der Waals surface area (Å²) in [6.07, 6.45) is 0.146. The smallest absolute Gasteiger partial charge is 0.226 e. The van der Waals surface area contributed by atoms with E-state index in [9.17, 15) is 9.59 Å². The summed E-state index contributed by atoms with van der Waals surface area (Å²) in [6, 6.07) is 14.8. The Morgan fingerprint density at radius 3 is 2.14 bits per heavy atom. The highest BCUT2D eigenvalue weighted by Crippen LogP contribution is 2.21. The molecule has 2 N–H and O–H groups in total. The quantitative estimate of drug-likeness (QED) is 0.641. The largest absolute Gasteiger partial charge is 0.497 e. The van der Waals surface area contributed by atoms with Gasteiger partial charge in [-0.1, -0.05) is 38.1 Å². The Hall–Kier alpha value is -2.86. The van der Waals surface area contributed by atoms with E-state index in [0.29, 0.717) is 0 Å². The average molecular weight is 398 g/mol. The van der Waals surface area contributed by atoms with Gasteiger partial charge in [-0.05, 0) is 48.5 Å². The molecule has 0 spiro atoms. The van der Waals surface area contributed by atoms with E-state index in [0.717, 1.165) is 36.6 Å². The Balaban J connectivity index is 2.00. The SMILES string of the molecule is CCN(CC)Cc1ccc(NC(=O)C[C@H](NC(C)=O)c2ccc(OC)cc2)cc1. The van der Waals surface area contributed by atoms with Crippen molar-refractivity contribution in [2.75, 3.05) is 25.5 Å². The number of hydrogen-bond acceptors (Lipinski definition) is 4. The third-order valence-corrected chi connectivity index (χ3v) is 4.82. The number of nitrogens with one attached hydrogen (secondary N) is 2. The molecule has 0 aliphatic carbocycles. The van der Waals surface area contributed by atoms with Gasteiger partial charge in [0.1, 0.15) is 5.75 Å². The normalized spacial score (nSPS) is 11.8. The number of benzene rings is 2. The van der Waals surface area contributed by atoms with Gasteiger partial charge in [-0.25, -0.2) is 0 Å². The van der Waals surface area contributed by atoms with Crippen LogP contribution in [-0.2, 0) is 16.1 Å². The molecule has 0 aliphatic heterocycles. The zero-order chi connectivity index (χ0) is 21.2. The summed E-state index contributed by atoms with van der Waals surface area (Å²) in [5.74, 6) is 0.389. The number of ether oxygens (including phenoxy) is 1. The Labute approximate surface area is 173 Å². The van der Waals surface area contributed by atoms with Gasteiger partial charge in [-0.15, -0.1) is 0 Å². The number of carbonyl (C=O) groups is 2. The van der Waals surface area contributed by atoms with Gasteiger partial charge < -0.3 is 15.4 Å². The highest BCUT2D eigenvalue weighted by Gasteiger charge is 2.17. The Morgan fingerprint density at radius 1 is 1.00 bits per heavy atom. The van der Waals surface area contributed by atoms with Crippen molar-refractivity contribution in [3.8, 4) is 5.75 Å². The molecule has 0 fully saturated rings. The van der Waals surface area contributed by atoms with Crippen LogP contribution in [-0.4, -0.2) is 36.9 Å². The number of amides is 2. The van der Waals surface area contributed by atoms with Gasteiger partial charge >= 0.3 is 0 Å². The van der Waals surface area contributed by atoms with Gasteiger partial charge in [0, 0.05) is 19.2 Å². The molecule has 29 heavy (non-hydrogen) atoms. The van der Waals surface area contributed by atoms with Crippen LogP contribution < -0.4 is 15.4 Å². The summed E-state index contributed by atoms with van der Waals surface area (Å²) < 4.78 is 5.17. The lowest BCUT2D eigenvalue weighted by Gasteiger charge is -2.19. The number of anilines is 1. The summed E-state index contributed by atoms with van der Waals surface area (Å²) in [5.41, 5.74) is 2.81. The molecule has 0 saturated carbocycles. The van der Waals surface area contributed by atoms with E-state index in [-0.39, 0.29) is 18.2 Å².